The van der Waals surface area contributed by atoms with Gasteiger partial charge in [-0.25, -0.2) is 0 Å². The largest absolute Gasteiger partial charge is 0.496 e. The molecule has 0 unspecified atom stereocenters. The van der Waals surface area contributed by atoms with E-state index in [0.29, 0.717) is 22.8 Å². The van der Waals surface area contributed by atoms with Crippen LogP contribution in [-0.2, 0) is 16.1 Å². The van der Waals surface area contributed by atoms with Crippen LogP contribution in [0, 0.1) is 18.8 Å². The standard InChI is InChI=1S/C22H22O7/c1-10-3-11(4-12(7-23)21(10)26-2)18-13-5-16-17(29-9-28-16)6-14(13)20(24)15-8-27-22(25)19(15)18/h3-6,15,18-20,23-24H,7-9H2,1-2H3/t15-,18+,19-,20-/m0/s1. The molecule has 7 heteroatoms. The molecule has 1 aliphatic carbocycles. The van der Waals surface area contributed by atoms with Gasteiger partial charge >= 0.3 is 5.97 Å². The number of hydrogen-bond donors (Lipinski definition) is 2. The molecule has 0 amide bonds. The number of methoxy groups -OCH3 is 1. The van der Waals surface area contributed by atoms with Crippen molar-refractivity contribution in [3.8, 4) is 17.2 Å². The number of fused-ring (bicyclic) bond motifs is 3. The SMILES string of the molecule is COc1c(C)cc([C@@H]2c3cc4c(cc3[C@H](O)[C@H]3COC(=O)[C@H]23)OCO4)cc1CO. The highest BCUT2D eigenvalue weighted by Gasteiger charge is 2.52. The minimum absolute atomic E-state index is 0.129. The van der Waals surface area contributed by atoms with Crippen molar-refractivity contribution in [3.63, 3.8) is 0 Å². The molecule has 0 aromatic heterocycles. The number of rotatable bonds is 3. The van der Waals surface area contributed by atoms with E-state index in [4.69, 9.17) is 18.9 Å². The second kappa shape index (κ2) is 6.64. The summed E-state index contributed by atoms with van der Waals surface area (Å²) in [7, 11) is 1.57. The van der Waals surface area contributed by atoms with Crippen LogP contribution in [0.4, 0.5) is 0 Å². The number of carbonyl (C=O) groups is 1. The van der Waals surface area contributed by atoms with Crippen molar-refractivity contribution in [2.45, 2.75) is 25.6 Å². The van der Waals surface area contributed by atoms with E-state index in [9.17, 15) is 15.0 Å². The molecule has 2 heterocycles. The second-order valence-corrected chi connectivity index (χ2v) is 7.76. The molecular weight excluding hydrogens is 376 g/mol. The van der Waals surface area contributed by atoms with Crippen LogP contribution in [-0.4, -0.2) is 36.7 Å². The lowest BCUT2D eigenvalue weighted by atomic mass is 9.66. The van der Waals surface area contributed by atoms with Crippen molar-refractivity contribution in [1.82, 2.24) is 0 Å². The summed E-state index contributed by atoms with van der Waals surface area (Å²) in [6.45, 7) is 2.03. The number of benzene rings is 2. The highest BCUT2D eigenvalue weighted by atomic mass is 16.7. The van der Waals surface area contributed by atoms with Crippen LogP contribution < -0.4 is 14.2 Å². The summed E-state index contributed by atoms with van der Waals surface area (Å²) in [6.07, 6.45) is -0.830. The lowest BCUT2D eigenvalue weighted by Crippen LogP contribution is -2.34. The summed E-state index contributed by atoms with van der Waals surface area (Å²) in [4.78, 5) is 12.7. The first-order valence-corrected chi connectivity index (χ1v) is 9.60. The Kier molecular flexibility index (Phi) is 4.18. The molecule has 0 saturated carbocycles. The Bertz CT molecular complexity index is 999. The van der Waals surface area contributed by atoms with E-state index in [2.05, 4.69) is 0 Å². The minimum atomic E-state index is -0.830. The van der Waals surface area contributed by atoms with Crippen molar-refractivity contribution in [2.24, 2.45) is 11.8 Å². The lowest BCUT2D eigenvalue weighted by molar-refractivity contribution is -0.141. The zero-order valence-corrected chi connectivity index (χ0v) is 16.2. The van der Waals surface area contributed by atoms with Crippen molar-refractivity contribution < 1.29 is 34.0 Å². The van der Waals surface area contributed by atoms with Crippen molar-refractivity contribution >= 4 is 5.97 Å². The zero-order chi connectivity index (χ0) is 20.3. The molecule has 2 aromatic rings. The third-order valence-corrected chi connectivity index (χ3v) is 6.26. The predicted octanol–water partition coefficient (Wildman–Crippen LogP) is 2.19. The Morgan fingerprint density at radius 3 is 2.52 bits per heavy atom. The fraction of sp³-hybridized carbons (Fsp3) is 0.409. The molecule has 4 atom stereocenters. The van der Waals surface area contributed by atoms with Crippen LogP contribution in [0.5, 0.6) is 17.2 Å². The number of ether oxygens (including phenoxy) is 4. The summed E-state index contributed by atoms with van der Waals surface area (Å²) < 4.78 is 21.8. The smallest absolute Gasteiger partial charge is 0.310 e. The Labute approximate surface area is 167 Å². The van der Waals surface area contributed by atoms with E-state index in [1.807, 2.05) is 25.1 Å². The Morgan fingerprint density at radius 1 is 1.10 bits per heavy atom. The van der Waals surface area contributed by atoms with Crippen molar-refractivity contribution in [2.75, 3.05) is 20.5 Å². The molecule has 0 spiro atoms. The molecule has 0 bridgehead atoms. The molecule has 5 rings (SSSR count). The Balaban J connectivity index is 1.74. The van der Waals surface area contributed by atoms with Crippen LogP contribution in [0.15, 0.2) is 24.3 Å². The number of cyclic esters (lactones) is 1. The molecule has 7 nitrogen and oxygen atoms in total. The number of carbonyl (C=O) groups excluding carboxylic acids is 1. The van der Waals surface area contributed by atoms with Crippen LogP contribution in [0.1, 0.15) is 39.8 Å². The zero-order valence-electron chi connectivity index (χ0n) is 16.2. The molecule has 0 radical (unpaired) electrons. The topological polar surface area (TPSA) is 94.5 Å². The molecule has 2 aromatic carbocycles. The first-order chi connectivity index (χ1) is 14.0. The van der Waals surface area contributed by atoms with Gasteiger partial charge in [-0.3, -0.25) is 4.79 Å². The van der Waals surface area contributed by atoms with Gasteiger partial charge in [0.05, 0.1) is 32.3 Å². The summed E-state index contributed by atoms with van der Waals surface area (Å²) in [5.41, 5.74) is 3.92. The quantitative estimate of drug-likeness (QED) is 0.766. The number of aliphatic hydroxyl groups excluding tert-OH is 2. The Hall–Kier alpha value is -2.77. The van der Waals surface area contributed by atoms with E-state index >= 15 is 0 Å². The van der Waals surface area contributed by atoms with E-state index in [1.54, 1.807) is 13.2 Å². The van der Waals surface area contributed by atoms with Gasteiger partial charge in [-0.15, -0.1) is 0 Å². The van der Waals surface area contributed by atoms with Gasteiger partial charge in [0.15, 0.2) is 11.5 Å². The van der Waals surface area contributed by atoms with Crippen LogP contribution in [0.25, 0.3) is 0 Å². The van der Waals surface area contributed by atoms with Gasteiger partial charge in [0.1, 0.15) is 5.75 Å². The fourth-order valence-electron chi connectivity index (χ4n) is 5.00. The van der Waals surface area contributed by atoms with Crippen LogP contribution >= 0.6 is 0 Å². The van der Waals surface area contributed by atoms with Gasteiger partial charge in [-0.1, -0.05) is 6.07 Å². The summed E-state index contributed by atoms with van der Waals surface area (Å²) >= 11 is 0. The van der Waals surface area contributed by atoms with Crippen molar-refractivity contribution in [3.05, 3.63) is 52.1 Å². The highest BCUT2D eigenvalue weighted by Crippen LogP contribution is 2.54. The maximum atomic E-state index is 12.7. The predicted molar refractivity (Wildman–Crippen MR) is 101 cm³/mol. The molecular formula is C22H22O7. The van der Waals surface area contributed by atoms with E-state index in [1.165, 1.54) is 0 Å². The van der Waals surface area contributed by atoms with Crippen molar-refractivity contribution in [1.29, 1.82) is 0 Å². The lowest BCUT2D eigenvalue weighted by Gasteiger charge is -2.37. The maximum absolute atomic E-state index is 12.7. The minimum Gasteiger partial charge on any atom is -0.496 e. The van der Waals surface area contributed by atoms with Gasteiger partial charge in [0.2, 0.25) is 6.79 Å². The first kappa shape index (κ1) is 18.3. The number of hydrogen-bond acceptors (Lipinski definition) is 7. The fourth-order valence-corrected chi connectivity index (χ4v) is 5.00. The molecule has 29 heavy (non-hydrogen) atoms. The van der Waals surface area contributed by atoms with Gasteiger partial charge in [0.25, 0.3) is 0 Å². The number of aliphatic hydroxyl groups is 2. The summed E-state index contributed by atoms with van der Waals surface area (Å²) in [5.74, 6) is 0.297. The maximum Gasteiger partial charge on any atom is 0.310 e. The monoisotopic (exact) mass is 398 g/mol. The third kappa shape index (κ3) is 2.61. The normalized spacial score (nSPS) is 26.7. The van der Waals surface area contributed by atoms with Gasteiger partial charge in [-0.05, 0) is 47.4 Å². The molecule has 1 fully saturated rings. The average molecular weight is 398 g/mol. The average Bonchev–Trinajstić information content (AvgIpc) is 3.33. The first-order valence-electron chi connectivity index (χ1n) is 9.60. The Morgan fingerprint density at radius 2 is 1.83 bits per heavy atom. The van der Waals surface area contributed by atoms with Gasteiger partial charge in [0, 0.05) is 17.4 Å². The summed E-state index contributed by atoms with van der Waals surface area (Å²) in [5, 5.41) is 20.8. The molecule has 152 valence electrons. The van der Waals surface area contributed by atoms with Gasteiger partial charge < -0.3 is 29.2 Å². The van der Waals surface area contributed by atoms with E-state index in [0.717, 1.165) is 22.3 Å². The summed E-state index contributed by atoms with van der Waals surface area (Å²) in [6, 6.07) is 7.49. The molecule has 2 N–H and O–H groups in total. The second-order valence-electron chi connectivity index (χ2n) is 7.76. The third-order valence-electron chi connectivity index (χ3n) is 6.26. The van der Waals surface area contributed by atoms with Gasteiger partial charge in [-0.2, -0.15) is 0 Å². The van der Waals surface area contributed by atoms with E-state index in [-0.39, 0.29) is 37.8 Å². The number of aryl methyl sites for hydroxylation is 1. The van der Waals surface area contributed by atoms with Crippen LogP contribution in [0.2, 0.25) is 0 Å². The molecule has 3 aliphatic rings. The number of esters is 1. The highest BCUT2D eigenvalue weighted by molar-refractivity contribution is 5.78. The molecule has 1 saturated heterocycles. The van der Waals surface area contributed by atoms with E-state index < -0.39 is 12.0 Å². The molecule has 2 aliphatic heterocycles. The van der Waals surface area contributed by atoms with Crippen LogP contribution in [0.3, 0.4) is 0 Å².